The van der Waals surface area contributed by atoms with Crippen LogP contribution in [0.5, 0.6) is 6.01 Å². The maximum Gasteiger partial charge on any atom is 0.422 e. The van der Waals surface area contributed by atoms with Gasteiger partial charge in [-0.25, -0.2) is 0 Å². The average Bonchev–Trinajstić information content (AvgIpc) is 2.89. The average molecular weight is 580 g/mol. The van der Waals surface area contributed by atoms with Gasteiger partial charge in [0.1, 0.15) is 0 Å². The molecule has 0 aliphatic heterocycles. The van der Waals surface area contributed by atoms with Crippen LogP contribution in [0.3, 0.4) is 0 Å². The number of carbonyl (C=O) groups is 1. The molecule has 0 aliphatic rings. The molecule has 0 spiro atoms. The summed E-state index contributed by atoms with van der Waals surface area (Å²) in [6, 6.07) is 12.7. The molecule has 1 aromatic heterocycles. The van der Waals surface area contributed by atoms with Crippen molar-refractivity contribution in [2.75, 3.05) is 23.8 Å². The van der Waals surface area contributed by atoms with Gasteiger partial charge in [0.25, 0.3) is 5.91 Å². The molecule has 0 fully saturated rings. The van der Waals surface area contributed by atoms with Crippen LogP contribution in [0.25, 0.3) is 0 Å². The van der Waals surface area contributed by atoms with E-state index in [0.717, 1.165) is 12.0 Å². The number of hydrogen-bond donors (Lipinski definition) is 6. The van der Waals surface area contributed by atoms with Crippen LogP contribution in [0.4, 0.5) is 30.8 Å². The Labute approximate surface area is 233 Å². The lowest BCUT2D eigenvalue weighted by atomic mass is 10.1. The van der Waals surface area contributed by atoms with E-state index in [1.165, 1.54) is 0 Å². The minimum absolute atomic E-state index is 0.00638. The molecule has 15 heteroatoms. The number of amides is 1. The van der Waals surface area contributed by atoms with Crippen molar-refractivity contribution < 1.29 is 22.7 Å². The summed E-state index contributed by atoms with van der Waals surface area (Å²) in [6.45, 7) is 1.12. The zero-order valence-electron chi connectivity index (χ0n) is 21.5. The monoisotopic (exact) mass is 579 g/mol. The summed E-state index contributed by atoms with van der Waals surface area (Å²) in [5.74, 6) is -0.433. The first-order valence-corrected chi connectivity index (χ1v) is 12.5. The van der Waals surface area contributed by atoms with E-state index in [2.05, 4.69) is 36.2 Å². The van der Waals surface area contributed by atoms with Crippen molar-refractivity contribution in [2.45, 2.75) is 38.5 Å². The number of aromatic nitrogens is 3. The van der Waals surface area contributed by atoms with E-state index in [4.69, 9.17) is 27.5 Å². The molecule has 0 saturated heterocycles. The number of ether oxygens (including phenoxy) is 1. The number of guanidine groups is 1. The highest BCUT2D eigenvalue weighted by Gasteiger charge is 2.29. The van der Waals surface area contributed by atoms with Gasteiger partial charge in [-0.1, -0.05) is 23.7 Å². The SMILES string of the molecule is C[C@@H](CCCNC(=N)N)NC(=O)c1ccc(Nc2nc(NCc3ccc(Cl)cc3)nc(OCC(F)(F)F)n2)cc1. The molecule has 7 N–H and O–H groups in total. The van der Waals surface area contributed by atoms with Crippen molar-refractivity contribution in [3.63, 3.8) is 0 Å². The number of nitrogens with one attached hydrogen (secondary N) is 5. The predicted molar refractivity (Wildman–Crippen MR) is 146 cm³/mol. The van der Waals surface area contributed by atoms with E-state index in [0.29, 0.717) is 29.2 Å². The first kappa shape index (κ1) is 30.2. The normalized spacial score (nSPS) is 11.8. The summed E-state index contributed by atoms with van der Waals surface area (Å²) < 4.78 is 42.8. The van der Waals surface area contributed by atoms with Gasteiger partial charge in [0, 0.05) is 35.4 Å². The van der Waals surface area contributed by atoms with E-state index in [1.54, 1.807) is 48.5 Å². The summed E-state index contributed by atoms with van der Waals surface area (Å²) in [7, 11) is 0. The second kappa shape index (κ2) is 14.2. The molecule has 1 amide bonds. The highest BCUT2D eigenvalue weighted by Crippen LogP contribution is 2.21. The fourth-order valence-electron chi connectivity index (χ4n) is 3.33. The summed E-state index contributed by atoms with van der Waals surface area (Å²) in [6.07, 6.45) is -3.16. The van der Waals surface area contributed by atoms with Crippen molar-refractivity contribution >= 4 is 41.1 Å². The second-order valence-corrected chi connectivity index (χ2v) is 9.15. The van der Waals surface area contributed by atoms with Crippen LogP contribution < -0.4 is 31.7 Å². The summed E-state index contributed by atoms with van der Waals surface area (Å²) in [4.78, 5) is 24.6. The van der Waals surface area contributed by atoms with Crippen molar-refractivity contribution in [2.24, 2.45) is 5.73 Å². The number of rotatable bonds is 13. The van der Waals surface area contributed by atoms with E-state index >= 15 is 0 Å². The molecular weight excluding hydrogens is 551 g/mol. The minimum atomic E-state index is -4.57. The fourth-order valence-corrected chi connectivity index (χ4v) is 3.46. The quantitative estimate of drug-likeness (QED) is 0.0989. The molecule has 1 heterocycles. The lowest BCUT2D eigenvalue weighted by molar-refractivity contribution is -0.154. The number of halogens is 4. The first-order valence-electron chi connectivity index (χ1n) is 12.2. The standard InChI is InChI=1S/C25H29ClF3N9O2/c1-15(3-2-12-32-21(30)31)34-20(39)17-6-10-19(11-7-17)35-23-36-22(33-13-16-4-8-18(26)9-5-16)37-24(38-23)40-14-25(27,28)29/h4-11,15H,2-3,12-14H2,1H3,(H,34,39)(H4,30,31,32)(H2,33,35,36,37,38)/t15-/m0/s1. The second-order valence-electron chi connectivity index (χ2n) is 8.71. The van der Waals surface area contributed by atoms with Crippen molar-refractivity contribution in [1.29, 1.82) is 5.41 Å². The number of nitrogens with two attached hydrogens (primary N) is 1. The number of nitrogens with zero attached hydrogens (tertiary/aromatic N) is 3. The number of hydrogen-bond acceptors (Lipinski definition) is 8. The third kappa shape index (κ3) is 10.8. The molecule has 0 unspecified atom stereocenters. The van der Waals surface area contributed by atoms with Crippen LogP contribution >= 0.6 is 11.6 Å². The lowest BCUT2D eigenvalue weighted by Gasteiger charge is -2.14. The Morgan fingerprint density at radius 2 is 1.75 bits per heavy atom. The van der Waals surface area contributed by atoms with Crippen molar-refractivity contribution in [1.82, 2.24) is 25.6 Å². The van der Waals surface area contributed by atoms with Gasteiger partial charge >= 0.3 is 12.2 Å². The van der Waals surface area contributed by atoms with E-state index < -0.39 is 18.8 Å². The van der Waals surface area contributed by atoms with Crippen LogP contribution in [0.2, 0.25) is 5.02 Å². The molecule has 0 aliphatic carbocycles. The highest BCUT2D eigenvalue weighted by atomic mass is 35.5. The molecule has 0 saturated carbocycles. The summed E-state index contributed by atoms with van der Waals surface area (Å²) >= 11 is 5.90. The summed E-state index contributed by atoms with van der Waals surface area (Å²) in [5.41, 5.74) is 6.98. The Bertz CT molecular complexity index is 1280. The number of alkyl halides is 3. The Kier molecular flexibility index (Phi) is 10.7. The van der Waals surface area contributed by atoms with Crippen LogP contribution in [-0.4, -0.2) is 52.2 Å². The molecular formula is C25H29ClF3N9O2. The predicted octanol–water partition coefficient (Wildman–Crippen LogP) is 4.20. The zero-order valence-corrected chi connectivity index (χ0v) is 22.2. The van der Waals surface area contributed by atoms with Crippen LogP contribution in [0, 0.1) is 5.41 Å². The third-order valence-electron chi connectivity index (χ3n) is 5.25. The number of anilines is 3. The Balaban J connectivity index is 1.64. The van der Waals surface area contributed by atoms with Crippen LogP contribution in [0.1, 0.15) is 35.7 Å². The van der Waals surface area contributed by atoms with Crippen LogP contribution in [-0.2, 0) is 6.54 Å². The Morgan fingerprint density at radius 3 is 2.40 bits per heavy atom. The third-order valence-corrected chi connectivity index (χ3v) is 5.51. The Morgan fingerprint density at radius 1 is 1.07 bits per heavy atom. The van der Waals surface area contributed by atoms with Gasteiger partial charge < -0.3 is 31.7 Å². The fraction of sp³-hybridized carbons (Fsp3) is 0.320. The molecule has 40 heavy (non-hydrogen) atoms. The first-order chi connectivity index (χ1) is 19.0. The lowest BCUT2D eigenvalue weighted by Crippen LogP contribution is -2.34. The van der Waals surface area contributed by atoms with Crippen molar-refractivity contribution in [3.8, 4) is 6.01 Å². The maximum absolute atomic E-state index is 12.7. The topological polar surface area (TPSA) is 163 Å². The molecule has 3 rings (SSSR count). The Hall–Kier alpha value is -4.33. The van der Waals surface area contributed by atoms with Gasteiger partial charge in [-0.05, 0) is 61.7 Å². The van der Waals surface area contributed by atoms with Gasteiger partial charge in [0.2, 0.25) is 11.9 Å². The summed E-state index contributed by atoms with van der Waals surface area (Å²) in [5, 5.41) is 19.1. The molecule has 1 atom stereocenters. The van der Waals surface area contributed by atoms with Gasteiger partial charge in [0.05, 0.1) is 0 Å². The van der Waals surface area contributed by atoms with E-state index in [-0.39, 0.29) is 36.4 Å². The molecule has 0 bridgehead atoms. The van der Waals surface area contributed by atoms with Crippen LogP contribution in [0.15, 0.2) is 48.5 Å². The van der Waals surface area contributed by atoms with Gasteiger partial charge in [-0.15, -0.1) is 0 Å². The largest absolute Gasteiger partial charge is 0.454 e. The smallest absolute Gasteiger partial charge is 0.422 e. The molecule has 0 radical (unpaired) electrons. The molecule has 214 valence electrons. The van der Waals surface area contributed by atoms with E-state index in [1.807, 2.05) is 6.92 Å². The maximum atomic E-state index is 12.7. The molecule has 11 nitrogen and oxygen atoms in total. The zero-order chi connectivity index (χ0) is 29.1. The van der Waals surface area contributed by atoms with Gasteiger partial charge in [-0.3, -0.25) is 10.2 Å². The number of benzene rings is 2. The molecule has 2 aromatic carbocycles. The van der Waals surface area contributed by atoms with Crippen molar-refractivity contribution in [3.05, 3.63) is 64.7 Å². The molecule has 3 aromatic rings. The van der Waals surface area contributed by atoms with Gasteiger partial charge in [0.15, 0.2) is 12.6 Å². The van der Waals surface area contributed by atoms with Gasteiger partial charge in [-0.2, -0.15) is 28.1 Å². The number of carbonyl (C=O) groups excluding carboxylic acids is 1. The minimum Gasteiger partial charge on any atom is -0.454 e. The van der Waals surface area contributed by atoms with E-state index in [9.17, 15) is 18.0 Å². The highest BCUT2D eigenvalue weighted by molar-refractivity contribution is 6.30.